The molecule has 0 unspecified atom stereocenters. The van der Waals surface area contributed by atoms with Crippen molar-refractivity contribution in [1.82, 2.24) is 30.6 Å². The van der Waals surface area contributed by atoms with Gasteiger partial charge in [0.15, 0.2) is 5.65 Å². The van der Waals surface area contributed by atoms with Gasteiger partial charge in [0, 0.05) is 37.1 Å². The van der Waals surface area contributed by atoms with Crippen LogP contribution in [0.4, 0.5) is 17.5 Å². The SMILES string of the molecule is [NH]CCOc1cc(Nc2nc3cccc(N[C@@H]4CCCNC4)n3n2)ccn1. The zero-order chi connectivity index (χ0) is 18.5. The van der Waals surface area contributed by atoms with Crippen LogP contribution in [-0.2, 0) is 0 Å². The molecule has 3 aromatic rings. The van der Waals surface area contributed by atoms with E-state index in [-0.39, 0.29) is 6.54 Å². The summed E-state index contributed by atoms with van der Waals surface area (Å²) >= 11 is 0. The molecule has 0 amide bonds. The molecule has 3 aromatic heterocycles. The maximum absolute atomic E-state index is 7.16. The van der Waals surface area contributed by atoms with Crippen molar-refractivity contribution in [3.05, 3.63) is 36.5 Å². The standard InChI is InChI=1S/C18H23N8O/c19-7-10-27-17-11-13(6-9-21-17)23-18-24-16-5-1-4-15(26(16)25-18)22-14-3-2-8-20-12-14/h1,4-6,9,11,14,19-20,22H,2-3,7-8,10,12H2,(H,21,23,25)/t14-/m1/s1. The number of pyridine rings is 2. The molecule has 1 fully saturated rings. The largest absolute Gasteiger partial charge is 0.476 e. The molecule has 4 heterocycles. The monoisotopic (exact) mass is 367 g/mol. The molecular weight excluding hydrogens is 344 g/mol. The van der Waals surface area contributed by atoms with E-state index in [0.717, 1.165) is 36.7 Å². The fraction of sp³-hybridized carbons (Fsp3) is 0.389. The average molecular weight is 367 g/mol. The molecule has 4 N–H and O–H groups in total. The van der Waals surface area contributed by atoms with Gasteiger partial charge < -0.3 is 20.7 Å². The Labute approximate surface area is 157 Å². The topological polar surface area (TPSA) is 112 Å². The highest BCUT2D eigenvalue weighted by Crippen LogP contribution is 2.20. The van der Waals surface area contributed by atoms with Crippen LogP contribution in [0.3, 0.4) is 0 Å². The van der Waals surface area contributed by atoms with Crippen LogP contribution in [0.25, 0.3) is 5.65 Å². The molecule has 0 aliphatic carbocycles. The first-order chi connectivity index (χ1) is 13.3. The van der Waals surface area contributed by atoms with Crippen LogP contribution < -0.4 is 26.4 Å². The van der Waals surface area contributed by atoms with Crippen molar-refractivity contribution in [2.75, 3.05) is 36.9 Å². The Balaban J connectivity index is 1.52. The van der Waals surface area contributed by atoms with Gasteiger partial charge in [-0.05, 0) is 37.6 Å². The van der Waals surface area contributed by atoms with E-state index in [4.69, 9.17) is 10.5 Å². The van der Waals surface area contributed by atoms with Gasteiger partial charge in [-0.1, -0.05) is 6.07 Å². The lowest BCUT2D eigenvalue weighted by Crippen LogP contribution is -2.38. The zero-order valence-corrected chi connectivity index (χ0v) is 15.0. The summed E-state index contributed by atoms with van der Waals surface area (Å²) in [7, 11) is 0. The lowest BCUT2D eigenvalue weighted by atomic mass is 10.1. The zero-order valence-electron chi connectivity index (χ0n) is 15.0. The van der Waals surface area contributed by atoms with E-state index in [1.54, 1.807) is 12.3 Å². The predicted octanol–water partition coefficient (Wildman–Crippen LogP) is 1.69. The number of hydrogen-bond donors (Lipinski definition) is 3. The summed E-state index contributed by atoms with van der Waals surface area (Å²) in [5, 5.41) is 14.7. The second-order valence-corrected chi connectivity index (χ2v) is 6.41. The van der Waals surface area contributed by atoms with Gasteiger partial charge in [0.05, 0.1) is 0 Å². The van der Waals surface area contributed by atoms with Gasteiger partial charge in [-0.25, -0.2) is 4.98 Å². The molecule has 1 radical (unpaired) electrons. The molecule has 0 saturated carbocycles. The van der Waals surface area contributed by atoms with Gasteiger partial charge >= 0.3 is 0 Å². The first kappa shape index (κ1) is 17.5. The smallest absolute Gasteiger partial charge is 0.247 e. The van der Waals surface area contributed by atoms with Crippen LogP contribution in [0, 0.1) is 0 Å². The highest BCUT2D eigenvalue weighted by Gasteiger charge is 2.15. The van der Waals surface area contributed by atoms with Crippen molar-refractivity contribution in [1.29, 1.82) is 0 Å². The summed E-state index contributed by atoms with van der Waals surface area (Å²) < 4.78 is 7.21. The molecular formula is C18H23N8O. The number of hydrogen-bond acceptors (Lipinski definition) is 7. The second-order valence-electron chi connectivity index (χ2n) is 6.41. The Hall–Kier alpha value is -2.91. The van der Waals surface area contributed by atoms with Crippen molar-refractivity contribution in [3.8, 4) is 5.88 Å². The number of ether oxygens (including phenoxy) is 1. The molecule has 0 bridgehead atoms. The predicted molar refractivity (Wildman–Crippen MR) is 103 cm³/mol. The second kappa shape index (κ2) is 8.19. The van der Waals surface area contributed by atoms with Crippen molar-refractivity contribution < 1.29 is 4.74 Å². The number of fused-ring (bicyclic) bond motifs is 1. The minimum atomic E-state index is 0.194. The minimum absolute atomic E-state index is 0.194. The Kier molecular flexibility index (Phi) is 5.31. The van der Waals surface area contributed by atoms with Gasteiger partial charge in [-0.3, -0.25) is 5.73 Å². The van der Waals surface area contributed by atoms with Crippen LogP contribution in [0.15, 0.2) is 36.5 Å². The Bertz CT molecular complexity index is 890. The Morgan fingerprint density at radius 2 is 2.30 bits per heavy atom. The first-order valence-electron chi connectivity index (χ1n) is 9.15. The summed E-state index contributed by atoms with van der Waals surface area (Å²) in [6.45, 7) is 2.54. The molecule has 1 atom stereocenters. The summed E-state index contributed by atoms with van der Waals surface area (Å²) in [5.41, 5.74) is 8.71. The highest BCUT2D eigenvalue weighted by atomic mass is 16.5. The van der Waals surface area contributed by atoms with Crippen molar-refractivity contribution in [2.45, 2.75) is 18.9 Å². The quantitative estimate of drug-likeness (QED) is 0.582. The molecule has 0 spiro atoms. The van der Waals surface area contributed by atoms with E-state index < -0.39 is 0 Å². The lowest BCUT2D eigenvalue weighted by molar-refractivity contribution is 0.314. The maximum Gasteiger partial charge on any atom is 0.247 e. The minimum Gasteiger partial charge on any atom is -0.476 e. The number of aromatic nitrogens is 4. The molecule has 4 rings (SSSR count). The fourth-order valence-electron chi connectivity index (χ4n) is 3.10. The Morgan fingerprint density at radius 1 is 1.33 bits per heavy atom. The number of piperidine rings is 1. The van der Waals surface area contributed by atoms with E-state index in [2.05, 4.69) is 31.0 Å². The third kappa shape index (κ3) is 4.26. The van der Waals surface area contributed by atoms with Gasteiger partial charge in [0.1, 0.15) is 12.4 Å². The van der Waals surface area contributed by atoms with E-state index >= 15 is 0 Å². The van der Waals surface area contributed by atoms with Crippen LogP contribution >= 0.6 is 0 Å². The number of rotatable bonds is 7. The van der Waals surface area contributed by atoms with E-state index in [1.807, 2.05) is 28.8 Å². The normalized spacial score (nSPS) is 17.0. The molecule has 27 heavy (non-hydrogen) atoms. The molecule has 9 nitrogen and oxygen atoms in total. The maximum atomic E-state index is 7.16. The van der Waals surface area contributed by atoms with Gasteiger partial charge in [0.25, 0.3) is 0 Å². The number of nitrogens with zero attached hydrogens (tertiary/aromatic N) is 4. The average Bonchev–Trinajstić information content (AvgIpc) is 3.11. The number of anilines is 3. The number of nitrogens with one attached hydrogen (secondary N) is 4. The molecule has 9 heteroatoms. The summed E-state index contributed by atoms with van der Waals surface area (Å²) in [4.78, 5) is 8.68. The molecule has 1 aliphatic heterocycles. The van der Waals surface area contributed by atoms with Crippen molar-refractivity contribution in [3.63, 3.8) is 0 Å². The fourth-order valence-corrected chi connectivity index (χ4v) is 3.10. The van der Waals surface area contributed by atoms with Gasteiger partial charge in [-0.15, -0.1) is 5.10 Å². The third-order valence-corrected chi connectivity index (χ3v) is 4.35. The van der Waals surface area contributed by atoms with Crippen LogP contribution in [-0.4, -0.2) is 51.9 Å². The summed E-state index contributed by atoms with van der Waals surface area (Å²) in [5.74, 6) is 1.91. The highest BCUT2D eigenvalue weighted by molar-refractivity contribution is 5.58. The van der Waals surface area contributed by atoms with Crippen LogP contribution in [0.2, 0.25) is 0 Å². The van der Waals surface area contributed by atoms with Gasteiger partial charge in [-0.2, -0.15) is 9.50 Å². The third-order valence-electron chi connectivity index (χ3n) is 4.35. The summed E-state index contributed by atoms with van der Waals surface area (Å²) in [6, 6.07) is 9.91. The Morgan fingerprint density at radius 3 is 3.15 bits per heavy atom. The first-order valence-corrected chi connectivity index (χ1v) is 9.15. The molecule has 141 valence electrons. The van der Waals surface area contributed by atoms with Crippen molar-refractivity contribution in [2.24, 2.45) is 0 Å². The summed E-state index contributed by atoms with van der Waals surface area (Å²) in [6.07, 6.45) is 3.96. The van der Waals surface area contributed by atoms with Gasteiger partial charge in [0.2, 0.25) is 11.8 Å². The lowest BCUT2D eigenvalue weighted by Gasteiger charge is -2.24. The molecule has 1 saturated heterocycles. The van der Waals surface area contributed by atoms with Crippen LogP contribution in [0.5, 0.6) is 5.88 Å². The molecule has 0 aromatic carbocycles. The molecule has 1 aliphatic rings. The van der Waals surface area contributed by atoms with Crippen molar-refractivity contribution >= 4 is 23.1 Å². The van der Waals surface area contributed by atoms with E-state index in [9.17, 15) is 0 Å². The van der Waals surface area contributed by atoms with E-state index in [1.165, 1.54) is 6.42 Å². The van der Waals surface area contributed by atoms with Crippen LogP contribution in [0.1, 0.15) is 12.8 Å². The van der Waals surface area contributed by atoms with E-state index in [0.29, 0.717) is 24.5 Å².